The third-order valence-electron chi connectivity index (χ3n) is 4.66. The highest BCUT2D eigenvalue weighted by molar-refractivity contribution is 7.92. The fourth-order valence-corrected chi connectivity index (χ4v) is 4.34. The Morgan fingerprint density at radius 3 is 2.21 bits per heavy atom. The van der Waals surface area contributed by atoms with Gasteiger partial charge in [0.25, 0.3) is 15.9 Å². The van der Waals surface area contributed by atoms with Gasteiger partial charge in [0, 0.05) is 23.3 Å². The van der Waals surface area contributed by atoms with Gasteiger partial charge in [0.2, 0.25) is 0 Å². The molecule has 0 radical (unpaired) electrons. The van der Waals surface area contributed by atoms with Crippen molar-refractivity contribution in [2.75, 3.05) is 16.7 Å². The minimum Gasteiger partial charge on any atom is -0.322 e. The molecule has 29 heavy (non-hydrogen) atoms. The molecule has 7 heteroatoms. The molecule has 0 bridgehead atoms. The number of carbonyl (C=O) groups is 1. The van der Waals surface area contributed by atoms with Crippen LogP contribution in [0.1, 0.15) is 21.5 Å². The molecule has 0 saturated carbocycles. The highest BCUT2D eigenvalue weighted by Crippen LogP contribution is 2.27. The van der Waals surface area contributed by atoms with Gasteiger partial charge in [-0.1, -0.05) is 29.8 Å². The molecule has 0 aliphatic heterocycles. The van der Waals surface area contributed by atoms with Crippen LogP contribution >= 0.6 is 11.6 Å². The number of nitrogens with one attached hydrogen (secondary N) is 1. The van der Waals surface area contributed by atoms with Gasteiger partial charge in [0.15, 0.2) is 0 Å². The highest BCUT2D eigenvalue weighted by atomic mass is 35.5. The number of sulfonamides is 1. The van der Waals surface area contributed by atoms with Crippen molar-refractivity contribution in [1.82, 2.24) is 0 Å². The maximum atomic E-state index is 12.9. The molecule has 0 aromatic heterocycles. The summed E-state index contributed by atoms with van der Waals surface area (Å²) in [6.07, 6.45) is 0. The van der Waals surface area contributed by atoms with Crippen molar-refractivity contribution < 1.29 is 13.2 Å². The van der Waals surface area contributed by atoms with E-state index in [1.165, 1.54) is 35.6 Å². The second-order valence-corrected chi connectivity index (χ2v) is 9.10. The van der Waals surface area contributed by atoms with Gasteiger partial charge < -0.3 is 5.32 Å². The molecule has 3 aromatic carbocycles. The summed E-state index contributed by atoms with van der Waals surface area (Å²) in [5, 5.41) is 3.35. The minimum atomic E-state index is -3.74. The summed E-state index contributed by atoms with van der Waals surface area (Å²) in [5.74, 6) is -0.253. The van der Waals surface area contributed by atoms with Crippen LogP contribution in [0.15, 0.2) is 71.6 Å². The zero-order valence-electron chi connectivity index (χ0n) is 16.3. The van der Waals surface area contributed by atoms with Gasteiger partial charge in [-0.3, -0.25) is 9.10 Å². The van der Waals surface area contributed by atoms with Crippen molar-refractivity contribution in [3.05, 3.63) is 88.4 Å². The first-order chi connectivity index (χ1) is 13.7. The van der Waals surface area contributed by atoms with Crippen LogP contribution in [0, 0.1) is 13.8 Å². The molecular weight excluding hydrogens is 408 g/mol. The predicted octanol–water partition coefficient (Wildman–Crippen LogP) is 5.03. The third kappa shape index (κ3) is 4.44. The SMILES string of the molecule is Cc1ccccc1NC(=O)c1ccc(N(C)S(=O)(=O)c2ccc(Cl)cc2)c(C)c1. The standard InChI is InChI=1S/C22H21ClN2O3S/c1-15-6-4-5-7-20(15)24-22(26)17-8-13-21(16(2)14-17)25(3)29(27,28)19-11-9-18(23)10-12-19/h4-14H,1-3H3,(H,24,26). The molecule has 0 unspecified atom stereocenters. The van der Waals surface area contributed by atoms with Crippen molar-refractivity contribution in [3.8, 4) is 0 Å². The van der Waals surface area contributed by atoms with Crippen molar-refractivity contribution in [3.63, 3.8) is 0 Å². The van der Waals surface area contributed by atoms with Crippen LogP contribution in [-0.4, -0.2) is 21.4 Å². The smallest absolute Gasteiger partial charge is 0.264 e. The monoisotopic (exact) mass is 428 g/mol. The van der Waals surface area contributed by atoms with Gasteiger partial charge in [-0.25, -0.2) is 8.42 Å². The molecule has 0 aliphatic carbocycles. The number of para-hydroxylation sites is 1. The predicted molar refractivity (Wildman–Crippen MR) is 117 cm³/mol. The number of amides is 1. The number of aryl methyl sites for hydroxylation is 2. The van der Waals surface area contributed by atoms with E-state index in [1.54, 1.807) is 25.1 Å². The molecule has 3 aromatic rings. The normalized spacial score (nSPS) is 11.2. The second-order valence-electron chi connectivity index (χ2n) is 6.70. The Hall–Kier alpha value is -2.83. The van der Waals surface area contributed by atoms with Crippen LogP contribution in [0.2, 0.25) is 5.02 Å². The lowest BCUT2D eigenvalue weighted by atomic mass is 10.1. The molecule has 1 N–H and O–H groups in total. The largest absolute Gasteiger partial charge is 0.322 e. The highest BCUT2D eigenvalue weighted by Gasteiger charge is 2.23. The molecule has 0 heterocycles. The first kappa shape index (κ1) is 20.9. The molecule has 3 rings (SSSR count). The molecule has 0 aliphatic rings. The Bertz CT molecular complexity index is 1160. The molecular formula is C22H21ClN2O3S. The lowest BCUT2D eigenvalue weighted by Crippen LogP contribution is -2.27. The van der Waals surface area contributed by atoms with E-state index in [2.05, 4.69) is 5.32 Å². The fraction of sp³-hybridized carbons (Fsp3) is 0.136. The van der Waals surface area contributed by atoms with E-state index in [0.29, 0.717) is 21.8 Å². The zero-order chi connectivity index (χ0) is 21.2. The summed E-state index contributed by atoms with van der Waals surface area (Å²) in [5.41, 5.74) is 3.31. The Balaban J connectivity index is 1.86. The summed E-state index contributed by atoms with van der Waals surface area (Å²) in [4.78, 5) is 12.7. The number of benzene rings is 3. The van der Waals surface area contributed by atoms with E-state index < -0.39 is 10.0 Å². The quantitative estimate of drug-likeness (QED) is 0.619. The number of hydrogen-bond acceptors (Lipinski definition) is 3. The van der Waals surface area contributed by atoms with Gasteiger partial charge in [-0.2, -0.15) is 0 Å². The summed E-state index contributed by atoms with van der Waals surface area (Å²) in [6, 6.07) is 18.4. The first-order valence-electron chi connectivity index (χ1n) is 8.92. The molecule has 1 amide bonds. The van der Waals surface area contributed by atoms with Crippen LogP contribution < -0.4 is 9.62 Å². The Labute approximate surface area is 176 Å². The lowest BCUT2D eigenvalue weighted by Gasteiger charge is -2.22. The van der Waals surface area contributed by atoms with Gasteiger partial charge in [-0.05, 0) is 73.5 Å². The second kappa shape index (κ2) is 8.27. The number of carbonyl (C=O) groups excluding carboxylic acids is 1. The van der Waals surface area contributed by atoms with Gasteiger partial charge in [-0.15, -0.1) is 0 Å². The van der Waals surface area contributed by atoms with E-state index in [4.69, 9.17) is 11.6 Å². The van der Waals surface area contributed by atoms with E-state index in [-0.39, 0.29) is 10.8 Å². The Morgan fingerprint density at radius 1 is 0.931 bits per heavy atom. The van der Waals surface area contributed by atoms with Crippen LogP contribution in [0.5, 0.6) is 0 Å². The maximum absolute atomic E-state index is 12.9. The van der Waals surface area contributed by atoms with Crippen molar-refractivity contribution in [2.45, 2.75) is 18.7 Å². The topological polar surface area (TPSA) is 66.5 Å². The number of halogens is 1. The third-order valence-corrected chi connectivity index (χ3v) is 6.70. The van der Waals surface area contributed by atoms with Crippen molar-refractivity contribution in [2.24, 2.45) is 0 Å². The molecule has 150 valence electrons. The van der Waals surface area contributed by atoms with Crippen LogP contribution in [0.25, 0.3) is 0 Å². The summed E-state index contributed by atoms with van der Waals surface area (Å²) in [6.45, 7) is 3.69. The zero-order valence-corrected chi connectivity index (χ0v) is 17.9. The first-order valence-corrected chi connectivity index (χ1v) is 10.7. The number of nitrogens with zero attached hydrogens (tertiary/aromatic N) is 1. The molecule has 0 fully saturated rings. The van der Waals surface area contributed by atoms with E-state index in [1.807, 2.05) is 31.2 Å². The van der Waals surface area contributed by atoms with E-state index in [0.717, 1.165) is 11.3 Å². The van der Waals surface area contributed by atoms with E-state index in [9.17, 15) is 13.2 Å². The summed E-state index contributed by atoms with van der Waals surface area (Å²) < 4.78 is 27.0. The number of rotatable bonds is 5. The Morgan fingerprint density at radius 2 is 1.59 bits per heavy atom. The van der Waals surface area contributed by atoms with Crippen molar-refractivity contribution >= 4 is 38.9 Å². The minimum absolute atomic E-state index is 0.144. The maximum Gasteiger partial charge on any atom is 0.264 e. The molecule has 5 nitrogen and oxygen atoms in total. The van der Waals surface area contributed by atoms with Crippen LogP contribution in [0.3, 0.4) is 0 Å². The average molecular weight is 429 g/mol. The summed E-state index contributed by atoms with van der Waals surface area (Å²) in [7, 11) is -2.26. The fourth-order valence-electron chi connectivity index (χ4n) is 2.95. The number of hydrogen-bond donors (Lipinski definition) is 1. The number of anilines is 2. The van der Waals surface area contributed by atoms with Crippen molar-refractivity contribution in [1.29, 1.82) is 0 Å². The van der Waals surface area contributed by atoms with Gasteiger partial charge >= 0.3 is 0 Å². The van der Waals surface area contributed by atoms with Gasteiger partial charge in [0.1, 0.15) is 0 Å². The molecule has 0 spiro atoms. The van der Waals surface area contributed by atoms with E-state index >= 15 is 0 Å². The van der Waals surface area contributed by atoms with Crippen LogP contribution in [0.4, 0.5) is 11.4 Å². The van der Waals surface area contributed by atoms with Crippen LogP contribution in [-0.2, 0) is 10.0 Å². The lowest BCUT2D eigenvalue weighted by molar-refractivity contribution is 0.102. The molecule has 0 saturated heterocycles. The summed E-state index contributed by atoms with van der Waals surface area (Å²) >= 11 is 5.85. The van der Waals surface area contributed by atoms with Gasteiger partial charge in [0.05, 0.1) is 10.6 Å². The molecule has 0 atom stereocenters. The Kier molecular flexibility index (Phi) is 5.96. The average Bonchev–Trinajstić information content (AvgIpc) is 2.69.